The predicted molar refractivity (Wildman–Crippen MR) is 69.4 cm³/mol. The van der Waals surface area contributed by atoms with E-state index in [4.69, 9.17) is 5.11 Å². The number of nitrogens with zero attached hydrogens (tertiary/aromatic N) is 1. The molecule has 0 bridgehead atoms. The third-order valence-electron chi connectivity index (χ3n) is 2.60. The van der Waals surface area contributed by atoms with Crippen molar-refractivity contribution in [1.29, 1.82) is 0 Å². The Hall–Kier alpha value is -1.95. The summed E-state index contributed by atoms with van der Waals surface area (Å²) in [4.78, 5) is 23.9. The Morgan fingerprint density at radius 2 is 2.05 bits per heavy atom. The first kappa shape index (κ1) is 15.1. The van der Waals surface area contributed by atoms with Crippen LogP contribution in [0.4, 0.5) is 10.1 Å². The second kappa shape index (κ2) is 7.48. The first-order chi connectivity index (χ1) is 9.02. The lowest BCUT2D eigenvalue weighted by Gasteiger charge is -2.18. The molecule has 0 fully saturated rings. The molecule has 19 heavy (non-hydrogen) atoms. The monoisotopic (exact) mass is 268 g/mol. The van der Waals surface area contributed by atoms with Gasteiger partial charge in [0, 0.05) is 6.54 Å². The van der Waals surface area contributed by atoms with Crippen molar-refractivity contribution >= 4 is 17.6 Å². The highest BCUT2D eigenvalue weighted by Crippen LogP contribution is 2.12. The zero-order valence-electron chi connectivity index (χ0n) is 10.7. The molecule has 0 aliphatic carbocycles. The molecule has 0 heterocycles. The Balaban J connectivity index is 2.49. The summed E-state index contributed by atoms with van der Waals surface area (Å²) in [5.41, 5.74) is 0.127. The molecule has 1 aromatic carbocycles. The lowest BCUT2D eigenvalue weighted by atomic mass is 10.3. The van der Waals surface area contributed by atoms with Gasteiger partial charge in [-0.3, -0.25) is 14.5 Å². The van der Waals surface area contributed by atoms with E-state index in [1.807, 2.05) is 6.92 Å². The van der Waals surface area contributed by atoms with E-state index in [2.05, 4.69) is 5.32 Å². The molecule has 1 aromatic rings. The molecular formula is C13H17FN2O3. The summed E-state index contributed by atoms with van der Waals surface area (Å²) in [6.07, 6.45) is -0.0270. The van der Waals surface area contributed by atoms with E-state index in [1.165, 1.54) is 18.2 Å². The minimum atomic E-state index is -0.909. The molecule has 0 aliphatic rings. The van der Waals surface area contributed by atoms with Crippen LogP contribution in [0.5, 0.6) is 0 Å². The highest BCUT2D eigenvalue weighted by Gasteiger charge is 2.12. The van der Waals surface area contributed by atoms with Crippen LogP contribution in [0.1, 0.15) is 13.3 Å². The third kappa shape index (κ3) is 5.48. The van der Waals surface area contributed by atoms with Gasteiger partial charge in [-0.2, -0.15) is 0 Å². The zero-order valence-corrected chi connectivity index (χ0v) is 10.7. The van der Waals surface area contributed by atoms with Gasteiger partial charge in [-0.15, -0.1) is 0 Å². The van der Waals surface area contributed by atoms with Crippen molar-refractivity contribution in [2.75, 3.05) is 25.0 Å². The molecule has 104 valence electrons. The summed E-state index contributed by atoms with van der Waals surface area (Å²) < 4.78 is 13.3. The lowest BCUT2D eigenvalue weighted by Crippen LogP contribution is -2.34. The van der Waals surface area contributed by atoms with Crippen molar-refractivity contribution in [3.8, 4) is 0 Å². The summed E-state index contributed by atoms with van der Waals surface area (Å²) in [5, 5.41) is 11.0. The Labute approximate surface area is 111 Å². The molecule has 1 amide bonds. The SMILES string of the molecule is CCN(CCC(=O)O)CC(=O)Nc1ccccc1F. The first-order valence-electron chi connectivity index (χ1n) is 6.01. The molecule has 5 nitrogen and oxygen atoms in total. The summed E-state index contributed by atoms with van der Waals surface area (Å²) in [5.74, 6) is -1.77. The van der Waals surface area contributed by atoms with Crippen LogP contribution in [-0.2, 0) is 9.59 Å². The van der Waals surface area contributed by atoms with E-state index in [9.17, 15) is 14.0 Å². The minimum Gasteiger partial charge on any atom is -0.481 e. The number of carbonyl (C=O) groups excluding carboxylic acids is 1. The fraction of sp³-hybridized carbons (Fsp3) is 0.385. The molecule has 0 radical (unpaired) electrons. The number of hydrogen-bond donors (Lipinski definition) is 2. The maximum Gasteiger partial charge on any atom is 0.304 e. The fourth-order valence-electron chi connectivity index (χ4n) is 1.56. The highest BCUT2D eigenvalue weighted by molar-refractivity contribution is 5.92. The van der Waals surface area contributed by atoms with E-state index in [0.717, 1.165) is 0 Å². The lowest BCUT2D eigenvalue weighted by molar-refractivity contribution is -0.137. The van der Waals surface area contributed by atoms with Crippen LogP contribution >= 0.6 is 0 Å². The van der Waals surface area contributed by atoms with Crippen molar-refractivity contribution in [3.63, 3.8) is 0 Å². The molecule has 0 atom stereocenters. The van der Waals surface area contributed by atoms with Gasteiger partial charge in [0.05, 0.1) is 18.7 Å². The topological polar surface area (TPSA) is 69.6 Å². The van der Waals surface area contributed by atoms with Crippen LogP contribution < -0.4 is 5.32 Å². The number of halogens is 1. The number of amides is 1. The van der Waals surface area contributed by atoms with Gasteiger partial charge in [0.2, 0.25) is 5.91 Å². The molecule has 0 saturated carbocycles. The van der Waals surface area contributed by atoms with E-state index < -0.39 is 11.8 Å². The standard InChI is InChI=1S/C13H17FN2O3/c1-2-16(8-7-13(18)19)9-12(17)15-11-6-4-3-5-10(11)14/h3-6H,2,7-9H2,1H3,(H,15,17)(H,18,19). The van der Waals surface area contributed by atoms with Gasteiger partial charge >= 0.3 is 5.97 Å². The van der Waals surface area contributed by atoms with Crippen LogP contribution in [-0.4, -0.2) is 41.5 Å². The van der Waals surface area contributed by atoms with Crippen molar-refractivity contribution in [2.24, 2.45) is 0 Å². The molecular weight excluding hydrogens is 251 g/mol. The van der Waals surface area contributed by atoms with Crippen LogP contribution in [0.2, 0.25) is 0 Å². The summed E-state index contributed by atoms with van der Waals surface area (Å²) in [6, 6.07) is 5.90. The summed E-state index contributed by atoms with van der Waals surface area (Å²) in [6.45, 7) is 2.71. The quantitative estimate of drug-likeness (QED) is 0.787. The fourth-order valence-corrected chi connectivity index (χ4v) is 1.56. The predicted octanol–water partition coefficient (Wildman–Crippen LogP) is 1.56. The van der Waals surface area contributed by atoms with E-state index in [-0.39, 0.29) is 31.1 Å². The Morgan fingerprint density at radius 1 is 1.37 bits per heavy atom. The number of nitrogens with one attached hydrogen (secondary N) is 1. The van der Waals surface area contributed by atoms with E-state index >= 15 is 0 Å². The Bertz CT molecular complexity index is 451. The van der Waals surface area contributed by atoms with Crippen molar-refractivity contribution < 1.29 is 19.1 Å². The van der Waals surface area contributed by atoms with Gasteiger partial charge in [-0.25, -0.2) is 4.39 Å². The number of carboxylic acids is 1. The Morgan fingerprint density at radius 3 is 2.63 bits per heavy atom. The Kier molecular flexibility index (Phi) is 5.95. The molecule has 0 saturated heterocycles. The van der Waals surface area contributed by atoms with Crippen LogP contribution in [0, 0.1) is 5.82 Å². The van der Waals surface area contributed by atoms with Gasteiger partial charge < -0.3 is 10.4 Å². The molecule has 0 spiro atoms. The van der Waals surface area contributed by atoms with E-state index in [1.54, 1.807) is 11.0 Å². The van der Waals surface area contributed by atoms with Crippen molar-refractivity contribution in [1.82, 2.24) is 4.90 Å². The first-order valence-corrected chi connectivity index (χ1v) is 6.01. The summed E-state index contributed by atoms with van der Waals surface area (Å²) in [7, 11) is 0. The summed E-state index contributed by atoms with van der Waals surface area (Å²) >= 11 is 0. The highest BCUT2D eigenvalue weighted by atomic mass is 19.1. The van der Waals surface area contributed by atoms with E-state index in [0.29, 0.717) is 6.54 Å². The second-order valence-corrected chi connectivity index (χ2v) is 4.04. The van der Waals surface area contributed by atoms with Gasteiger partial charge in [0.15, 0.2) is 0 Å². The number of carbonyl (C=O) groups is 2. The number of carboxylic acid groups (broad SMARTS) is 1. The van der Waals surface area contributed by atoms with Crippen molar-refractivity contribution in [3.05, 3.63) is 30.1 Å². The van der Waals surface area contributed by atoms with Crippen LogP contribution in [0.3, 0.4) is 0 Å². The number of anilines is 1. The van der Waals surface area contributed by atoms with Crippen LogP contribution in [0.25, 0.3) is 0 Å². The number of rotatable bonds is 7. The molecule has 0 aromatic heterocycles. The second-order valence-electron chi connectivity index (χ2n) is 4.04. The number of aliphatic carboxylic acids is 1. The van der Waals surface area contributed by atoms with Gasteiger partial charge in [-0.05, 0) is 18.7 Å². The molecule has 6 heteroatoms. The zero-order chi connectivity index (χ0) is 14.3. The van der Waals surface area contributed by atoms with Crippen LogP contribution in [0.15, 0.2) is 24.3 Å². The number of para-hydroxylation sites is 1. The molecule has 2 N–H and O–H groups in total. The average molecular weight is 268 g/mol. The molecule has 0 aliphatic heterocycles. The number of benzene rings is 1. The molecule has 0 unspecified atom stereocenters. The van der Waals surface area contributed by atoms with Gasteiger partial charge in [0.25, 0.3) is 0 Å². The third-order valence-corrected chi connectivity index (χ3v) is 2.60. The van der Waals surface area contributed by atoms with Gasteiger partial charge in [0.1, 0.15) is 5.82 Å². The minimum absolute atomic E-state index is 0.0270. The van der Waals surface area contributed by atoms with Gasteiger partial charge in [-0.1, -0.05) is 19.1 Å². The number of hydrogen-bond acceptors (Lipinski definition) is 3. The average Bonchev–Trinajstić information content (AvgIpc) is 2.37. The maximum atomic E-state index is 13.3. The smallest absolute Gasteiger partial charge is 0.304 e. The normalized spacial score (nSPS) is 10.5. The van der Waals surface area contributed by atoms with Crippen molar-refractivity contribution in [2.45, 2.75) is 13.3 Å². The largest absolute Gasteiger partial charge is 0.481 e. The number of likely N-dealkylation sites (N-methyl/N-ethyl adjacent to an activating group) is 1. The maximum absolute atomic E-state index is 13.3. The molecule has 1 rings (SSSR count).